The van der Waals surface area contributed by atoms with Gasteiger partial charge in [0.15, 0.2) is 0 Å². The Labute approximate surface area is 115 Å². The van der Waals surface area contributed by atoms with E-state index in [2.05, 4.69) is 32.6 Å². The van der Waals surface area contributed by atoms with Gasteiger partial charge in [-0.05, 0) is 23.8 Å². The molecule has 2 aromatic heterocycles. The second-order valence-electron chi connectivity index (χ2n) is 4.76. The summed E-state index contributed by atoms with van der Waals surface area (Å²) in [5, 5.41) is 7.43. The quantitative estimate of drug-likeness (QED) is 0.771. The lowest BCUT2D eigenvalue weighted by Gasteiger charge is -2.04. The molecule has 0 saturated carbocycles. The molecule has 1 N–H and O–H groups in total. The summed E-state index contributed by atoms with van der Waals surface area (Å²) in [7, 11) is 0. The zero-order valence-corrected chi connectivity index (χ0v) is 10.7. The molecule has 5 heteroatoms. The van der Waals surface area contributed by atoms with Gasteiger partial charge in [0, 0.05) is 30.1 Å². The van der Waals surface area contributed by atoms with Gasteiger partial charge < -0.3 is 9.84 Å². The predicted molar refractivity (Wildman–Crippen MR) is 74.0 cm³/mol. The van der Waals surface area contributed by atoms with Crippen LogP contribution in [0.2, 0.25) is 0 Å². The molecule has 0 unspecified atom stereocenters. The minimum Gasteiger partial charge on any atom is -0.373 e. The normalized spacial score (nSPS) is 16.7. The topological polar surface area (TPSA) is 63.8 Å². The van der Waals surface area contributed by atoms with Gasteiger partial charge in [-0.2, -0.15) is 4.98 Å². The largest absolute Gasteiger partial charge is 0.373 e. The van der Waals surface area contributed by atoms with Crippen LogP contribution in [0.5, 0.6) is 0 Å². The van der Waals surface area contributed by atoms with E-state index >= 15 is 0 Å². The third kappa shape index (κ3) is 1.84. The molecule has 1 aromatic carbocycles. The molecule has 5 nitrogen and oxygen atoms in total. The van der Waals surface area contributed by atoms with E-state index in [0.717, 1.165) is 17.7 Å². The smallest absolute Gasteiger partial charge is 0.249 e. The highest BCUT2D eigenvalue weighted by molar-refractivity contribution is 5.57. The van der Waals surface area contributed by atoms with E-state index in [-0.39, 0.29) is 6.04 Å². The van der Waals surface area contributed by atoms with Crippen molar-refractivity contribution < 1.29 is 4.52 Å². The maximum atomic E-state index is 5.38. The number of aromatic nitrogens is 3. The summed E-state index contributed by atoms with van der Waals surface area (Å²) in [4.78, 5) is 8.53. The lowest BCUT2D eigenvalue weighted by atomic mass is 10.1. The van der Waals surface area contributed by atoms with Crippen molar-refractivity contribution in [2.45, 2.75) is 12.5 Å². The molecule has 0 aliphatic carbocycles. The second-order valence-corrected chi connectivity index (χ2v) is 4.76. The van der Waals surface area contributed by atoms with Crippen LogP contribution in [-0.4, -0.2) is 15.1 Å². The van der Waals surface area contributed by atoms with Gasteiger partial charge in [0.05, 0.1) is 0 Å². The summed E-state index contributed by atoms with van der Waals surface area (Å²) in [6.07, 6.45) is 4.32. The molecule has 1 aliphatic heterocycles. The molecule has 98 valence electrons. The molecule has 0 radical (unpaired) electrons. The predicted octanol–water partition coefficient (Wildman–Crippen LogP) is 2.84. The molecule has 1 atom stereocenters. The minimum atomic E-state index is 0.0466. The van der Waals surface area contributed by atoms with Gasteiger partial charge >= 0.3 is 0 Å². The lowest BCUT2D eigenvalue weighted by Crippen LogP contribution is -2.05. The molecular weight excluding hydrogens is 252 g/mol. The van der Waals surface area contributed by atoms with Crippen molar-refractivity contribution in [2.24, 2.45) is 0 Å². The van der Waals surface area contributed by atoms with Crippen LogP contribution in [0.1, 0.15) is 17.5 Å². The highest BCUT2D eigenvalue weighted by Crippen LogP contribution is 2.33. The van der Waals surface area contributed by atoms with Gasteiger partial charge in [0.1, 0.15) is 6.04 Å². The van der Waals surface area contributed by atoms with Crippen LogP contribution < -0.4 is 5.32 Å². The number of rotatable bonds is 2. The van der Waals surface area contributed by atoms with Gasteiger partial charge in [-0.1, -0.05) is 23.4 Å². The minimum absolute atomic E-state index is 0.0466. The lowest BCUT2D eigenvalue weighted by molar-refractivity contribution is 0.364. The van der Waals surface area contributed by atoms with Crippen molar-refractivity contribution in [3.05, 3.63) is 60.2 Å². The summed E-state index contributed by atoms with van der Waals surface area (Å²) in [5.41, 5.74) is 3.27. The molecule has 0 bridgehead atoms. The van der Waals surface area contributed by atoms with Crippen LogP contribution in [0.4, 0.5) is 5.69 Å². The molecule has 4 rings (SSSR count). The number of nitrogens with zero attached hydrogens (tertiary/aromatic N) is 3. The molecule has 1 aliphatic rings. The number of benzene rings is 1. The number of anilines is 1. The Hall–Kier alpha value is -2.69. The Morgan fingerprint density at radius 1 is 1.15 bits per heavy atom. The Balaban J connectivity index is 1.61. The van der Waals surface area contributed by atoms with Crippen molar-refractivity contribution in [3.63, 3.8) is 0 Å². The highest BCUT2D eigenvalue weighted by atomic mass is 16.5. The van der Waals surface area contributed by atoms with Crippen molar-refractivity contribution >= 4 is 5.69 Å². The number of pyridine rings is 1. The summed E-state index contributed by atoms with van der Waals surface area (Å²) < 4.78 is 5.38. The molecule has 3 aromatic rings. The van der Waals surface area contributed by atoms with Crippen molar-refractivity contribution in [3.8, 4) is 11.4 Å². The van der Waals surface area contributed by atoms with Crippen molar-refractivity contribution in [1.82, 2.24) is 15.1 Å². The first-order valence-electron chi connectivity index (χ1n) is 6.48. The third-order valence-corrected chi connectivity index (χ3v) is 3.43. The van der Waals surface area contributed by atoms with Crippen LogP contribution in [0.3, 0.4) is 0 Å². The Kier molecular flexibility index (Phi) is 2.48. The first kappa shape index (κ1) is 11.2. The second kappa shape index (κ2) is 4.45. The fourth-order valence-corrected chi connectivity index (χ4v) is 2.44. The molecule has 0 saturated heterocycles. The summed E-state index contributed by atoms with van der Waals surface area (Å²) >= 11 is 0. The first-order chi connectivity index (χ1) is 9.90. The summed E-state index contributed by atoms with van der Waals surface area (Å²) in [6.45, 7) is 0. The number of hydrogen-bond donors (Lipinski definition) is 1. The molecule has 0 amide bonds. The van der Waals surface area contributed by atoms with Gasteiger partial charge in [-0.25, -0.2) is 0 Å². The monoisotopic (exact) mass is 264 g/mol. The highest BCUT2D eigenvalue weighted by Gasteiger charge is 2.26. The Morgan fingerprint density at radius 2 is 2.10 bits per heavy atom. The van der Waals surface area contributed by atoms with Gasteiger partial charge in [0.25, 0.3) is 0 Å². The first-order valence-corrected chi connectivity index (χ1v) is 6.48. The van der Waals surface area contributed by atoms with Crippen molar-refractivity contribution in [1.29, 1.82) is 0 Å². The third-order valence-electron chi connectivity index (χ3n) is 3.43. The zero-order chi connectivity index (χ0) is 13.4. The molecule has 3 heterocycles. The Bertz CT molecular complexity index is 713. The van der Waals surface area contributed by atoms with Gasteiger partial charge in [-0.15, -0.1) is 0 Å². The van der Waals surface area contributed by atoms with E-state index in [1.54, 1.807) is 12.4 Å². The van der Waals surface area contributed by atoms with Gasteiger partial charge in [-0.3, -0.25) is 4.98 Å². The van der Waals surface area contributed by atoms with Crippen LogP contribution in [0.15, 0.2) is 53.3 Å². The number of fused-ring (bicyclic) bond motifs is 1. The zero-order valence-electron chi connectivity index (χ0n) is 10.7. The maximum Gasteiger partial charge on any atom is 0.249 e. The Morgan fingerprint density at radius 3 is 2.95 bits per heavy atom. The van der Waals surface area contributed by atoms with Crippen LogP contribution >= 0.6 is 0 Å². The van der Waals surface area contributed by atoms with Gasteiger partial charge in [0.2, 0.25) is 11.7 Å². The molecular formula is C15H12N4O. The van der Waals surface area contributed by atoms with E-state index in [4.69, 9.17) is 4.52 Å². The van der Waals surface area contributed by atoms with Crippen LogP contribution in [0.25, 0.3) is 11.4 Å². The summed E-state index contributed by atoms with van der Waals surface area (Å²) in [5.74, 6) is 1.19. The van der Waals surface area contributed by atoms with E-state index < -0.39 is 0 Å². The summed E-state index contributed by atoms with van der Waals surface area (Å²) in [6, 6.07) is 12.0. The van der Waals surface area contributed by atoms with E-state index in [0.29, 0.717) is 11.7 Å². The number of hydrogen-bond acceptors (Lipinski definition) is 5. The average Bonchev–Trinajstić information content (AvgIpc) is 3.14. The standard InChI is InChI=1S/C15H12N4O/c1-2-6-12-10(4-1)8-13(17-12)15-18-14(19-20-15)11-5-3-7-16-9-11/h1-7,9,13,17H,8H2/t13-/m0/s1. The maximum absolute atomic E-state index is 5.38. The van der Waals surface area contributed by atoms with Crippen LogP contribution in [0, 0.1) is 0 Å². The fraction of sp³-hybridized carbons (Fsp3) is 0.133. The average molecular weight is 264 g/mol. The number of para-hydroxylation sites is 1. The number of nitrogens with one attached hydrogen (secondary N) is 1. The van der Waals surface area contributed by atoms with E-state index in [1.807, 2.05) is 24.3 Å². The SMILES string of the molecule is c1cncc(-c2noc([C@@H]3Cc4ccccc4N3)n2)c1. The van der Waals surface area contributed by atoms with E-state index in [1.165, 1.54) is 5.56 Å². The van der Waals surface area contributed by atoms with Crippen LogP contribution in [-0.2, 0) is 6.42 Å². The molecule has 0 spiro atoms. The fourth-order valence-electron chi connectivity index (χ4n) is 2.44. The van der Waals surface area contributed by atoms with Crippen molar-refractivity contribution in [2.75, 3.05) is 5.32 Å². The van der Waals surface area contributed by atoms with E-state index in [9.17, 15) is 0 Å². The molecule has 0 fully saturated rings. The molecule has 20 heavy (non-hydrogen) atoms.